The Labute approximate surface area is 296 Å². The van der Waals surface area contributed by atoms with Crippen LogP contribution in [0.3, 0.4) is 0 Å². The van der Waals surface area contributed by atoms with Crippen LogP contribution in [0.25, 0.3) is 10.6 Å². The van der Waals surface area contributed by atoms with Gasteiger partial charge in [-0.3, -0.25) is 11.1 Å². The van der Waals surface area contributed by atoms with Crippen molar-refractivity contribution >= 4 is 18.3 Å². The molecule has 6 rings (SSSR count). The van der Waals surface area contributed by atoms with E-state index in [-0.39, 0.29) is 50.1 Å². The van der Waals surface area contributed by atoms with Crippen LogP contribution in [0.4, 0.5) is 0 Å². The molecule has 0 N–H and O–H groups in total. The number of hydrogen-bond acceptors (Lipinski definition) is 3. The number of rotatable bonds is 5. The molecule has 2 aliphatic carbocycles. The SMILES string of the molecule is C[C@H]1C[C-]=C(C2=C[C@H](C)[C@H](C)C[N-]2)CC1.[2H]C([2H])([2H])C1=NC2OC3=C([C@H]4CC[C@@H]([C@H](CS)C([2H])([2H])C(C)(C)C)C[N-]4)[CH-]CCC3C2CC1.[Ir]. The van der Waals surface area contributed by atoms with Crippen molar-refractivity contribution in [2.45, 2.75) is 125 Å². The van der Waals surface area contributed by atoms with Crippen LogP contribution in [-0.2, 0) is 24.8 Å². The predicted molar refractivity (Wildman–Crippen MR) is 185 cm³/mol. The van der Waals surface area contributed by atoms with E-state index in [4.69, 9.17) is 16.9 Å². The molecule has 0 spiro atoms. The fraction of sp³-hybridized carbons (Fsp3) is 0.789. The van der Waals surface area contributed by atoms with Crippen molar-refractivity contribution in [3.05, 3.63) is 51.8 Å². The quantitative estimate of drug-likeness (QED) is 0.219. The van der Waals surface area contributed by atoms with Gasteiger partial charge in [0, 0.05) is 38.6 Å². The molecule has 0 bridgehead atoms. The number of hydrogen-bond donors (Lipinski definition) is 1. The third-order valence-electron chi connectivity index (χ3n) is 10.4. The van der Waals surface area contributed by atoms with Gasteiger partial charge in [0.1, 0.15) is 0 Å². The zero-order chi connectivity index (χ0) is 35.0. The molecule has 44 heavy (non-hydrogen) atoms. The second kappa shape index (κ2) is 15.9. The summed E-state index contributed by atoms with van der Waals surface area (Å²) in [5.74, 6) is 4.34. The topological polar surface area (TPSA) is 49.8 Å². The third kappa shape index (κ3) is 9.01. The maximum absolute atomic E-state index is 8.75. The van der Waals surface area contributed by atoms with Crippen LogP contribution in [0, 0.1) is 59.3 Å². The van der Waals surface area contributed by atoms with Crippen molar-refractivity contribution < 1.29 is 31.7 Å². The van der Waals surface area contributed by atoms with Crippen molar-refractivity contribution in [1.82, 2.24) is 0 Å². The summed E-state index contributed by atoms with van der Waals surface area (Å²) in [6.07, 6.45) is 15.2. The first-order valence-electron chi connectivity index (χ1n) is 19.6. The molecule has 4 heterocycles. The zero-order valence-corrected chi connectivity index (χ0v) is 31.2. The molecule has 4 nitrogen and oxygen atoms in total. The summed E-state index contributed by atoms with van der Waals surface area (Å²) in [5.41, 5.74) is 3.64. The normalized spacial score (nSPS) is 38.2. The van der Waals surface area contributed by atoms with Crippen molar-refractivity contribution in [3.8, 4) is 0 Å². The van der Waals surface area contributed by atoms with E-state index in [1.54, 1.807) is 0 Å². The minimum atomic E-state index is -2.14. The molecule has 0 aromatic heterocycles. The number of allylic oxidation sites excluding steroid dienone is 4. The summed E-state index contributed by atoms with van der Waals surface area (Å²) in [7, 11) is 0. The smallest absolute Gasteiger partial charge is 0.171 e. The van der Waals surface area contributed by atoms with E-state index in [9.17, 15) is 0 Å². The van der Waals surface area contributed by atoms with Crippen LogP contribution >= 0.6 is 12.6 Å². The fourth-order valence-corrected chi connectivity index (χ4v) is 7.96. The molecule has 6 heteroatoms. The second-order valence-corrected chi connectivity index (χ2v) is 15.5. The molecule has 6 aliphatic rings. The molecule has 251 valence electrons. The van der Waals surface area contributed by atoms with E-state index in [0.717, 1.165) is 56.7 Å². The van der Waals surface area contributed by atoms with Gasteiger partial charge in [-0.1, -0.05) is 91.4 Å². The van der Waals surface area contributed by atoms with Gasteiger partial charge in [-0.15, -0.1) is 32.0 Å². The van der Waals surface area contributed by atoms with Gasteiger partial charge in [0.05, 0.1) is 0 Å². The average Bonchev–Trinajstić information content (AvgIpc) is 3.41. The first-order chi connectivity index (χ1) is 22.5. The summed E-state index contributed by atoms with van der Waals surface area (Å²) >= 11 is 4.53. The van der Waals surface area contributed by atoms with E-state index >= 15 is 0 Å². The molecular formula is C38H59IrN3OS-4. The van der Waals surface area contributed by atoms with Crippen LogP contribution in [0.2, 0.25) is 0 Å². The van der Waals surface area contributed by atoms with Crippen LogP contribution in [0.1, 0.15) is 119 Å². The molecule has 2 fully saturated rings. The summed E-state index contributed by atoms with van der Waals surface area (Å²) < 4.78 is 47.0. The van der Waals surface area contributed by atoms with Crippen molar-refractivity contribution in [3.63, 3.8) is 0 Å². The Balaban J connectivity index is 0.000000283. The average molecular weight is 803 g/mol. The van der Waals surface area contributed by atoms with Gasteiger partial charge in [0.25, 0.3) is 0 Å². The molecule has 3 unspecified atom stereocenters. The minimum absolute atomic E-state index is 0. The standard InChI is InChI=1S/C24H38N2OS.C14H21N.Ir/c1-15-8-10-19-18-6-5-7-20(22(18)27-23(19)26-15)21-11-9-16(13-25-21)17(14-28)12-24(2,3)4;1-10-4-6-13(7-5-10)14-8-11(2)12(3)9-15-14;/h7,16-19,21,23,28H,5-6,8-14H2,1-4H3;8,10-12H,4-6,9H2,1-3H3;/q2*-2;/t16-,17+,18?,19?,21-,23?;10-,11+,12-;/m11./s1/i1D3,12D2;;. The summed E-state index contributed by atoms with van der Waals surface area (Å²) in [5, 5.41) is 9.71. The van der Waals surface area contributed by atoms with Gasteiger partial charge < -0.3 is 21.1 Å². The molecule has 4 aliphatic heterocycles. The van der Waals surface area contributed by atoms with Crippen LogP contribution in [0.15, 0.2) is 33.7 Å². The molecule has 0 amide bonds. The Hall–Kier alpha value is -0.681. The number of ether oxygens (including phenoxy) is 1. The zero-order valence-electron chi connectivity index (χ0n) is 32.9. The fourth-order valence-electron chi connectivity index (χ4n) is 7.57. The molecule has 0 aromatic carbocycles. The van der Waals surface area contributed by atoms with E-state index < -0.39 is 18.6 Å². The predicted octanol–water partition coefficient (Wildman–Crippen LogP) is 10.3. The maximum Gasteiger partial charge on any atom is 0.171 e. The Bertz CT molecular complexity index is 1270. The van der Waals surface area contributed by atoms with Crippen LogP contribution < -0.4 is 0 Å². The summed E-state index contributed by atoms with van der Waals surface area (Å²) in [6.45, 7) is 12.3. The molecule has 2 saturated heterocycles. The summed E-state index contributed by atoms with van der Waals surface area (Å²) in [6, 6.07) is 0.0753. The first-order valence-corrected chi connectivity index (χ1v) is 17.7. The van der Waals surface area contributed by atoms with Gasteiger partial charge in [0.15, 0.2) is 6.23 Å². The Kier molecular flexibility index (Phi) is 10.7. The number of fused-ring (bicyclic) bond motifs is 3. The van der Waals surface area contributed by atoms with Crippen LogP contribution in [-0.4, -0.2) is 36.8 Å². The van der Waals surface area contributed by atoms with E-state index in [2.05, 4.69) is 62.3 Å². The number of piperidine rings is 1. The Morgan fingerprint density at radius 3 is 2.61 bits per heavy atom. The molecular weight excluding hydrogens is 739 g/mol. The third-order valence-corrected chi connectivity index (χ3v) is 10.8. The molecule has 0 saturated carbocycles. The van der Waals surface area contributed by atoms with Crippen molar-refractivity contribution in [2.24, 2.45) is 51.8 Å². The van der Waals surface area contributed by atoms with E-state index in [0.29, 0.717) is 42.2 Å². The first kappa shape index (κ1) is 29.5. The number of aliphatic imine (C=N–C) groups is 1. The van der Waals surface area contributed by atoms with Crippen molar-refractivity contribution in [2.75, 3.05) is 18.8 Å². The van der Waals surface area contributed by atoms with E-state index in [1.165, 1.54) is 29.7 Å². The largest absolute Gasteiger partial charge is 0.769 e. The van der Waals surface area contributed by atoms with Gasteiger partial charge in [-0.05, 0) is 60.7 Å². The van der Waals surface area contributed by atoms with Gasteiger partial charge in [0.2, 0.25) is 0 Å². The summed E-state index contributed by atoms with van der Waals surface area (Å²) in [4.78, 5) is 4.52. The number of thiol groups is 1. The van der Waals surface area contributed by atoms with Gasteiger partial charge in [-0.2, -0.15) is 24.3 Å². The maximum atomic E-state index is 8.75. The van der Waals surface area contributed by atoms with Gasteiger partial charge in [-0.25, -0.2) is 12.0 Å². The Morgan fingerprint density at radius 1 is 1.16 bits per heavy atom. The van der Waals surface area contributed by atoms with Gasteiger partial charge >= 0.3 is 0 Å². The molecule has 0 aromatic rings. The monoisotopic (exact) mass is 803 g/mol. The minimum Gasteiger partial charge on any atom is -0.769 e. The second-order valence-electron chi connectivity index (χ2n) is 15.1. The number of nitrogens with zero attached hydrogens (tertiary/aromatic N) is 3. The molecule has 1 radical (unpaired) electrons. The van der Waals surface area contributed by atoms with Crippen LogP contribution in [0.5, 0.6) is 0 Å². The van der Waals surface area contributed by atoms with E-state index in [1.807, 2.05) is 20.8 Å². The molecule has 9 atom stereocenters. The Morgan fingerprint density at radius 2 is 1.98 bits per heavy atom. The van der Waals surface area contributed by atoms with Crippen molar-refractivity contribution in [1.29, 1.82) is 0 Å².